The highest BCUT2D eigenvalue weighted by Crippen LogP contribution is 2.37. The zero-order valence-corrected chi connectivity index (χ0v) is 22.4. The summed E-state index contributed by atoms with van der Waals surface area (Å²) in [5.74, 6) is 0.0768. The largest absolute Gasteiger partial charge is 0.482 e. The van der Waals surface area contributed by atoms with E-state index < -0.39 is 18.7 Å². The van der Waals surface area contributed by atoms with Crippen LogP contribution in [-0.2, 0) is 11.8 Å². The zero-order chi connectivity index (χ0) is 27.4. The van der Waals surface area contributed by atoms with E-state index in [-0.39, 0.29) is 38.5 Å². The summed E-state index contributed by atoms with van der Waals surface area (Å²) in [6, 6.07) is 11.5. The van der Waals surface area contributed by atoms with Gasteiger partial charge in [0.2, 0.25) is 11.0 Å². The molecule has 1 atom stereocenters. The maximum atomic E-state index is 12.7. The second kappa shape index (κ2) is 11.7. The van der Waals surface area contributed by atoms with Crippen molar-refractivity contribution in [2.75, 3.05) is 17.3 Å². The molecule has 3 aromatic rings. The van der Waals surface area contributed by atoms with Crippen LogP contribution in [0.25, 0.3) is 11.4 Å². The minimum Gasteiger partial charge on any atom is -0.482 e. The molecule has 2 N–H and O–H groups in total. The summed E-state index contributed by atoms with van der Waals surface area (Å²) in [6.07, 6.45) is -2.93. The van der Waals surface area contributed by atoms with Gasteiger partial charge in [0.25, 0.3) is 0 Å². The number of aryl methyl sites for hydroxylation is 1. The minimum atomic E-state index is -4.55. The van der Waals surface area contributed by atoms with Crippen LogP contribution in [0.1, 0.15) is 18.5 Å². The fourth-order valence-corrected chi connectivity index (χ4v) is 4.63. The molecule has 15 heteroatoms. The number of hydrazine groups is 1. The Kier molecular flexibility index (Phi) is 8.55. The second-order valence-electron chi connectivity index (χ2n) is 8.09. The molecule has 0 bridgehead atoms. The molecule has 38 heavy (non-hydrogen) atoms. The fraction of sp³-hybridized carbons (Fsp3) is 0.261. The third-order valence-corrected chi connectivity index (χ3v) is 6.53. The molecule has 1 saturated heterocycles. The number of thiocarbonyl (C=S) groups is 1. The molecule has 2 heterocycles. The van der Waals surface area contributed by atoms with Gasteiger partial charge < -0.3 is 4.74 Å². The number of carbonyl (C=O) groups is 1. The van der Waals surface area contributed by atoms with Crippen LogP contribution in [0.5, 0.6) is 5.75 Å². The molecule has 1 aromatic heterocycles. The number of amides is 1. The Bertz CT molecular complexity index is 1370. The van der Waals surface area contributed by atoms with Crippen LogP contribution in [0.3, 0.4) is 0 Å². The molecule has 1 aliphatic heterocycles. The number of amidine groups is 1. The van der Waals surface area contributed by atoms with Crippen molar-refractivity contribution in [2.24, 2.45) is 12.0 Å². The molecule has 0 radical (unpaired) electrons. The summed E-state index contributed by atoms with van der Waals surface area (Å²) in [6.45, 7) is 0.386. The van der Waals surface area contributed by atoms with Gasteiger partial charge in [0.1, 0.15) is 12.1 Å². The third kappa shape index (κ3) is 7.01. The van der Waals surface area contributed by atoms with Gasteiger partial charge in [-0.2, -0.15) is 23.3 Å². The van der Waals surface area contributed by atoms with E-state index in [1.807, 2.05) is 31.2 Å². The number of aromatic nitrogens is 3. The molecule has 2 aromatic carbocycles. The first-order valence-electron chi connectivity index (χ1n) is 11.0. The number of nitrogens with zero attached hydrogens (tertiary/aromatic N) is 5. The predicted molar refractivity (Wildman–Crippen MR) is 144 cm³/mol. The number of ether oxygens (including phenoxy) is 1. The Hall–Kier alpha value is -3.20. The van der Waals surface area contributed by atoms with Gasteiger partial charge in [-0.25, -0.2) is 10.4 Å². The van der Waals surface area contributed by atoms with Crippen molar-refractivity contribution in [3.8, 4) is 17.1 Å². The molecule has 1 fully saturated rings. The Morgan fingerprint density at radius 2 is 2.03 bits per heavy atom. The molecule has 9 nitrogen and oxygen atoms in total. The topological polar surface area (TPSA) is 96.7 Å². The number of alkyl halides is 3. The number of benzene rings is 2. The van der Waals surface area contributed by atoms with E-state index in [2.05, 4.69) is 25.9 Å². The molecule has 1 unspecified atom stereocenters. The second-order valence-corrected chi connectivity index (χ2v) is 9.85. The lowest BCUT2D eigenvalue weighted by Gasteiger charge is -2.21. The van der Waals surface area contributed by atoms with Crippen LogP contribution >= 0.6 is 35.6 Å². The minimum absolute atomic E-state index is 0.0214. The molecular formula is C23H21ClF3N7O2S2. The normalized spacial score (nSPS) is 15.7. The highest BCUT2D eigenvalue weighted by molar-refractivity contribution is 8.15. The van der Waals surface area contributed by atoms with Gasteiger partial charge in [-0.1, -0.05) is 47.6 Å². The van der Waals surface area contributed by atoms with Gasteiger partial charge in [-0.15, -0.1) is 0 Å². The van der Waals surface area contributed by atoms with Crippen LogP contribution in [0.15, 0.2) is 53.8 Å². The van der Waals surface area contributed by atoms with Gasteiger partial charge >= 0.3 is 6.18 Å². The number of halogens is 4. The van der Waals surface area contributed by atoms with Crippen molar-refractivity contribution < 1.29 is 22.7 Å². The molecule has 4 rings (SSSR count). The monoisotopic (exact) mass is 583 g/mol. The van der Waals surface area contributed by atoms with Crippen molar-refractivity contribution in [3.63, 3.8) is 0 Å². The fourth-order valence-electron chi connectivity index (χ4n) is 3.39. The standard InChI is InChI=1S/C23H21ClF3N7O2S2/c1-13(14-3-5-15(6-4-14)20-28-12-33(2)32-20)30-31-21(37)29-22-34(19(35)10-38-22)17-9-16(24)7-8-18(17)36-11-23(25,26)27/h3-9,12-13,30H,10-11H2,1-2H3,(H,31,37). The first kappa shape index (κ1) is 27.8. The SMILES string of the molecule is CC(NNC(=S)N=C1SCC(=O)N1c1cc(Cl)ccc1OCC(F)(F)F)c1ccc(-c2ncn(C)n2)cc1. The molecule has 1 amide bonds. The Morgan fingerprint density at radius 1 is 1.29 bits per heavy atom. The van der Waals surface area contributed by atoms with Gasteiger partial charge in [0.05, 0.1) is 11.4 Å². The Labute approximate surface area is 230 Å². The van der Waals surface area contributed by atoms with Crippen molar-refractivity contribution in [2.45, 2.75) is 19.1 Å². The number of rotatable bonds is 7. The molecule has 1 aliphatic rings. The number of thioether (sulfide) groups is 1. The Balaban J connectivity index is 1.43. The van der Waals surface area contributed by atoms with E-state index in [1.165, 1.54) is 18.2 Å². The lowest BCUT2D eigenvalue weighted by Crippen LogP contribution is -2.38. The number of hydrogen-bond acceptors (Lipinski definition) is 7. The van der Waals surface area contributed by atoms with Crippen LogP contribution in [0.4, 0.5) is 18.9 Å². The van der Waals surface area contributed by atoms with E-state index in [4.69, 9.17) is 28.6 Å². The number of anilines is 1. The highest BCUT2D eigenvalue weighted by Gasteiger charge is 2.34. The van der Waals surface area contributed by atoms with E-state index in [9.17, 15) is 18.0 Å². The average molecular weight is 584 g/mol. The van der Waals surface area contributed by atoms with Crippen LogP contribution in [-0.4, -0.2) is 49.5 Å². The van der Waals surface area contributed by atoms with Crippen LogP contribution in [0.2, 0.25) is 5.02 Å². The van der Waals surface area contributed by atoms with Crippen molar-refractivity contribution in [1.82, 2.24) is 25.6 Å². The van der Waals surface area contributed by atoms with Gasteiger partial charge in [-0.3, -0.25) is 19.8 Å². The van der Waals surface area contributed by atoms with Gasteiger partial charge in [0, 0.05) is 23.7 Å². The van der Waals surface area contributed by atoms with E-state index in [1.54, 1.807) is 18.1 Å². The van der Waals surface area contributed by atoms with E-state index in [0.717, 1.165) is 27.8 Å². The number of nitrogens with one attached hydrogen (secondary N) is 2. The zero-order valence-electron chi connectivity index (χ0n) is 20.0. The quantitative estimate of drug-likeness (QED) is 0.306. The lowest BCUT2D eigenvalue weighted by molar-refractivity contribution is -0.153. The summed E-state index contributed by atoms with van der Waals surface area (Å²) >= 11 is 12.5. The van der Waals surface area contributed by atoms with Gasteiger partial charge in [-0.05, 0) is 42.9 Å². The van der Waals surface area contributed by atoms with E-state index >= 15 is 0 Å². The first-order valence-corrected chi connectivity index (χ1v) is 12.8. The third-order valence-electron chi connectivity index (χ3n) is 5.18. The molecule has 0 aliphatic carbocycles. The van der Waals surface area contributed by atoms with Crippen LogP contribution < -0.4 is 20.5 Å². The summed E-state index contributed by atoms with van der Waals surface area (Å²) in [5.41, 5.74) is 7.73. The average Bonchev–Trinajstić information content (AvgIpc) is 3.46. The molecular weight excluding hydrogens is 563 g/mol. The van der Waals surface area contributed by atoms with Crippen molar-refractivity contribution in [3.05, 3.63) is 59.4 Å². The molecule has 0 spiro atoms. The maximum absolute atomic E-state index is 12.7. The Morgan fingerprint density at radius 3 is 2.68 bits per heavy atom. The van der Waals surface area contributed by atoms with Gasteiger partial charge in [0.15, 0.2) is 17.6 Å². The number of hydrogen-bond donors (Lipinski definition) is 2. The molecule has 200 valence electrons. The molecule has 0 saturated carbocycles. The van der Waals surface area contributed by atoms with Crippen LogP contribution in [0, 0.1) is 0 Å². The number of aliphatic imine (C=N–C) groups is 1. The number of carbonyl (C=O) groups excluding carboxylic acids is 1. The summed E-state index contributed by atoms with van der Waals surface area (Å²) in [4.78, 5) is 22.3. The van der Waals surface area contributed by atoms with E-state index in [0.29, 0.717) is 5.82 Å². The smallest absolute Gasteiger partial charge is 0.422 e. The first-order chi connectivity index (χ1) is 18.0. The summed E-state index contributed by atoms with van der Waals surface area (Å²) in [7, 11) is 1.80. The highest BCUT2D eigenvalue weighted by atomic mass is 35.5. The summed E-state index contributed by atoms with van der Waals surface area (Å²) < 4.78 is 44.7. The summed E-state index contributed by atoms with van der Waals surface area (Å²) in [5, 5.41) is 4.69. The van der Waals surface area contributed by atoms with Crippen molar-refractivity contribution in [1.29, 1.82) is 0 Å². The van der Waals surface area contributed by atoms with Crippen molar-refractivity contribution >= 4 is 57.5 Å². The maximum Gasteiger partial charge on any atom is 0.422 e. The predicted octanol–water partition coefficient (Wildman–Crippen LogP) is 4.65. The lowest BCUT2D eigenvalue weighted by atomic mass is 10.1.